The number of hydrogen-bond donors (Lipinski definition) is 3. The zero-order chi connectivity index (χ0) is 80.4. The second-order valence-electron chi connectivity index (χ2n) is 33.2. The van der Waals surface area contributed by atoms with Gasteiger partial charge in [0.05, 0.1) is 26.4 Å². The second kappa shape index (κ2) is 83.5. The summed E-state index contributed by atoms with van der Waals surface area (Å²) in [6.45, 7) is 7.40. The minimum absolute atomic E-state index is 0.109. The molecule has 17 nitrogen and oxygen atoms in total. The summed E-state index contributed by atoms with van der Waals surface area (Å²) in [5, 5.41) is 10.7. The molecular formula is C91H178O17P2. The summed E-state index contributed by atoms with van der Waals surface area (Å²) >= 11 is 0. The maximum absolute atomic E-state index is 13.2. The normalized spacial score (nSPS) is 13.7. The van der Waals surface area contributed by atoms with E-state index in [0.29, 0.717) is 25.7 Å². The Hall–Kier alpha value is -1.94. The van der Waals surface area contributed by atoms with Crippen molar-refractivity contribution >= 4 is 39.5 Å². The Labute approximate surface area is 677 Å². The molecule has 0 bridgehead atoms. The average molecular weight is 1610 g/mol. The third-order valence-electron chi connectivity index (χ3n) is 21.5. The predicted octanol–water partition coefficient (Wildman–Crippen LogP) is 28.3. The Morgan fingerprint density at radius 2 is 0.418 bits per heavy atom. The van der Waals surface area contributed by atoms with E-state index in [9.17, 15) is 43.2 Å². The fourth-order valence-corrected chi connectivity index (χ4v) is 15.9. The van der Waals surface area contributed by atoms with Gasteiger partial charge in [-0.15, -0.1) is 0 Å². The lowest BCUT2D eigenvalue weighted by Gasteiger charge is -2.21. The standard InChI is InChI=1S/C91H178O17P2/c1-6-9-12-15-18-21-23-25-27-29-31-33-34-36-38-43-47-51-56-61-66-71-77-91(96)108-87(81-102-89(94)75-70-65-60-55-50-46-42-37-35-32-30-28-26-24-22-19-16-13-10-7-2)83-106-110(99,100)104-79-85(92)78-103-109(97,98)105-82-86(80-101-88(93)74-69-64-59-53-20-17-14-11-8-3)107-90(95)76-72-67-62-57-52-48-44-40-39-41-45-49-54-58-63-68-73-84(4)5/h84-87,92H,6-83H2,1-5H3,(H,97,98)(H,99,100)/t85-,86+,87+/m0/s1. The van der Waals surface area contributed by atoms with Crippen LogP contribution in [-0.2, 0) is 65.4 Å². The Morgan fingerprint density at radius 1 is 0.245 bits per heavy atom. The minimum Gasteiger partial charge on any atom is -0.462 e. The highest BCUT2D eigenvalue weighted by atomic mass is 31.2. The van der Waals surface area contributed by atoms with Gasteiger partial charge >= 0.3 is 39.5 Å². The smallest absolute Gasteiger partial charge is 0.462 e. The van der Waals surface area contributed by atoms with Crippen molar-refractivity contribution in [2.45, 2.75) is 515 Å². The van der Waals surface area contributed by atoms with Crippen LogP contribution >= 0.6 is 15.6 Å². The predicted molar refractivity (Wildman–Crippen MR) is 455 cm³/mol. The van der Waals surface area contributed by atoms with Crippen LogP contribution < -0.4 is 0 Å². The molecule has 0 rings (SSSR count). The van der Waals surface area contributed by atoms with E-state index in [1.807, 2.05) is 0 Å². The number of esters is 4. The molecule has 2 unspecified atom stereocenters. The van der Waals surface area contributed by atoms with Crippen molar-refractivity contribution in [2.75, 3.05) is 39.6 Å². The fourth-order valence-electron chi connectivity index (χ4n) is 14.4. The molecule has 19 heteroatoms. The van der Waals surface area contributed by atoms with Crippen molar-refractivity contribution in [1.29, 1.82) is 0 Å². The van der Waals surface area contributed by atoms with E-state index in [1.54, 1.807) is 0 Å². The van der Waals surface area contributed by atoms with E-state index in [0.717, 1.165) is 95.8 Å². The van der Waals surface area contributed by atoms with E-state index in [4.69, 9.17) is 37.0 Å². The summed E-state index contributed by atoms with van der Waals surface area (Å²) in [6, 6.07) is 0. The van der Waals surface area contributed by atoms with Crippen molar-refractivity contribution in [1.82, 2.24) is 0 Å². The average Bonchev–Trinajstić information content (AvgIpc) is 0.897. The number of phosphoric ester groups is 2. The molecule has 0 spiro atoms. The third kappa shape index (κ3) is 84.0. The van der Waals surface area contributed by atoms with E-state index in [2.05, 4.69) is 34.6 Å². The molecule has 0 aliphatic rings. The van der Waals surface area contributed by atoms with Crippen LogP contribution in [0.25, 0.3) is 0 Å². The summed E-state index contributed by atoms with van der Waals surface area (Å²) < 4.78 is 69.0. The number of aliphatic hydroxyl groups is 1. The van der Waals surface area contributed by atoms with Gasteiger partial charge in [-0.1, -0.05) is 446 Å². The van der Waals surface area contributed by atoms with E-state index < -0.39 is 97.5 Å². The zero-order valence-corrected chi connectivity index (χ0v) is 74.2. The van der Waals surface area contributed by atoms with Crippen molar-refractivity contribution in [2.24, 2.45) is 5.92 Å². The molecule has 0 aromatic carbocycles. The van der Waals surface area contributed by atoms with Gasteiger partial charge in [-0.3, -0.25) is 37.3 Å². The quantitative estimate of drug-likeness (QED) is 0.0222. The topological polar surface area (TPSA) is 237 Å². The molecule has 0 aromatic heterocycles. The fraction of sp³-hybridized carbons (Fsp3) is 0.956. The van der Waals surface area contributed by atoms with E-state index >= 15 is 0 Å². The van der Waals surface area contributed by atoms with E-state index in [-0.39, 0.29) is 25.7 Å². The molecule has 0 radical (unpaired) electrons. The van der Waals surface area contributed by atoms with Gasteiger partial charge in [0.15, 0.2) is 12.2 Å². The number of hydrogen-bond acceptors (Lipinski definition) is 15. The number of ether oxygens (including phenoxy) is 4. The summed E-state index contributed by atoms with van der Waals surface area (Å²) in [5.41, 5.74) is 0. The number of rotatable bonds is 91. The molecule has 654 valence electrons. The molecule has 5 atom stereocenters. The third-order valence-corrected chi connectivity index (χ3v) is 23.4. The van der Waals surface area contributed by atoms with Gasteiger partial charge in [0.1, 0.15) is 19.3 Å². The number of phosphoric acid groups is 2. The summed E-state index contributed by atoms with van der Waals surface area (Å²) in [7, 11) is -9.93. The monoisotopic (exact) mass is 1610 g/mol. The number of aliphatic hydroxyl groups excluding tert-OH is 1. The van der Waals surface area contributed by atoms with Crippen molar-refractivity contribution < 1.29 is 80.2 Å². The Balaban J connectivity index is 5.19. The lowest BCUT2D eigenvalue weighted by Crippen LogP contribution is -2.30. The summed E-state index contributed by atoms with van der Waals surface area (Å²) in [6.07, 6.45) is 79.4. The molecule has 0 amide bonds. The first-order valence-electron chi connectivity index (χ1n) is 47.1. The second-order valence-corrected chi connectivity index (χ2v) is 36.1. The van der Waals surface area contributed by atoms with Crippen LogP contribution in [0.15, 0.2) is 0 Å². The maximum Gasteiger partial charge on any atom is 0.472 e. The molecule has 0 aliphatic heterocycles. The lowest BCUT2D eigenvalue weighted by atomic mass is 10.0. The molecule has 0 saturated carbocycles. The largest absolute Gasteiger partial charge is 0.472 e. The molecule has 0 aromatic rings. The van der Waals surface area contributed by atoms with E-state index in [1.165, 1.54) is 321 Å². The number of unbranched alkanes of at least 4 members (excludes halogenated alkanes) is 63. The minimum atomic E-state index is -4.97. The summed E-state index contributed by atoms with van der Waals surface area (Å²) in [5.74, 6) is -1.29. The van der Waals surface area contributed by atoms with Gasteiger partial charge in [-0.2, -0.15) is 0 Å². The van der Waals surface area contributed by atoms with Crippen molar-refractivity contribution in [3.63, 3.8) is 0 Å². The van der Waals surface area contributed by atoms with Gasteiger partial charge in [0.2, 0.25) is 0 Å². The molecule has 3 N–H and O–H groups in total. The Kier molecular flexibility index (Phi) is 82.1. The highest BCUT2D eigenvalue weighted by molar-refractivity contribution is 7.47. The van der Waals surface area contributed by atoms with Crippen molar-refractivity contribution in [3.8, 4) is 0 Å². The molecule has 0 aliphatic carbocycles. The number of carbonyl (C=O) groups is 4. The van der Waals surface area contributed by atoms with Crippen LogP contribution in [0.4, 0.5) is 0 Å². The van der Waals surface area contributed by atoms with Crippen molar-refractivity contribution in [3.05, 3.63) is 0 Å². The first-order valence-corrected chi connectivity index (χ1v) is 50.1. The Morgan fingerprint density at radius 3 is 0.618 bits per heavy atom. The first kappa shape index (κ1) is 108. The summed E-state index contributed by atoms with van der Waals surface area (Å²) in [4.78, 5) is 73.3. The maximum atomic E-state index is 13.2. The van der Waals surface area contributed by atoms with Crippen LogP contribution in [0.2, 0.25) is 0 Å². The van der Waals surface area contributed by atoms with Crippen LogP contribution in [0.3, 0.4) is 0 Å². The molecule has 110 heavy (non-hydrogen) atoms. The van der Waals surface area contributed by atoms with Gasteiger partial charge in [-0.05, 0) is 31.6 Å². The molecule has 0 saturated heterocycles. The van der Waals surface area contributed by atoms with Crippen LogP contribution in [0.5, 0.6) is 0 Å². The van der Waals surface area contributed by atoms with Crippen LogP contribution in [0, 0.1) is 5.92 Å². The zero-order valence-electron chi connectivity index (χ0n) is 72.4. The first-order chi connectivity index (χ1) is 53.5. The van der Waals surface area contributed by atoms with Gasteiger partial charge in [0.25, 0.3) is 0 Å². The highest BCUT2D eigenvalue weighted by Gasteiger charge is 2.31. The number of carbonyl (C=O) groups excluding carboxylic acids is 4. The SMILES string of the molecule is CCCCCCCCCCCCCCCCCCCCCCCCC(=O)O[C@H](COC(=O)CCCCCCCCCCCCCCCCCCCCCC)COP(=O)(O)OC[C@@H](O)COP(=O)(O)OC[C@@H](COC(=O)CCCCCCCCCCC)OC(=O)CCCCCCCCCCCCCCCCCCC(C)C. The molecule has 0 fully saturated rings. The van der Waals surface area contributed by atoms with Gasteiger partial charge < -0.3 is 33.8 Å². The highest BCUT2D eigenvalue weighted by Crippen LogP contribution is 2.45. The van der Waals surface area contributed by atoms with Gasteiger partial charge in [0, 0.05) is 25.7 Å². The van der Waals surface area contributed by atoms with Crippen LogP contribution in [0.1, 0.15) is 497 Å². The molecule has 0 heterocycles. The van der Waals surface area contributed by atoms with Crippen LogP contribution in [-0.4, -0.2) is 96.7 Å². The molecular weight excluding hydrogens is 1430 g/mol. The Bertz CT molecular complexity index is 2080. The van der Waals surface area contributed by atoms with Gasteiger partial charge in [-0.25, -0.2) is 9.13 Å². The lowest BCUT2D eigenvalue weighted by molar-refractivity contribution is -0.161.